The molecule has 0 rings (SSSR count). The number of halogens is 1. The molecule has 0 radical (unpaired) electrons. The van der Waals surface area contributed by atoms with Crippen molar-refractivity contribution in [2.45, 2.75) is 90.4 Å². The van der Waals surface area contributed by atoms with E-state index >= 15 is 0 Å². The fourth-order valence-corrected chi connectivity index (χ4v) is 2.60. The highest BCUT2D eigenvalue weighted by molar-refractivity contribution is 4.48. The number of hydrogen-bond acceptors (Lipinski definition) is 1. The highest BCUT2D eigenvalue weighted by atomic mass is 35.5. The summed E-state index contributed by atoms with van der Waals surface area (Å²) in [6, 6.07) is 0. The van der Waals surface area contributed by atoms with E-state index in [1.54, 1.807) is 0 Å². The quantitative estimate of drug-likeness (QED) is 0.387. The summed E-state index contributed by atoms with van der Waals surface area (Å²) < 4.78 is 1.12. The maximum Gasteiger partial charge on any atom is 0.0780 e. The first-order chi connectivity index (χ1) is 9.06. The van der Waals surface area contributed by atoms with E-state index in [-0.39, 0.29) is 18.6 Å². The molecule has 0 aromatic carbocycles. The van der Waals surface area contributed by atoms with Gasteiger partial charge in [0.25, 0.3) is 0 Å². The standard InChI is InChI=1S/C18H40N.ClH.H3N/c1-5-6-7-8-9-10-11-12-13-14-15-16-17-18-19(2,3)4;;/h5-18H2,1-4H3;1H;1H3/q+1;;/p-1. The maximum atomic E-state index is 2.29. The van der Waals surface area contributed by atoms with E-state index in [0.717, 1.165) is 4.48 Å². The molecule has 0 aromatic heterocycles. The smallest absolute Gasteiger partial charge is 0.0780 e. The Hall–Kier alpha value is 0.210. The molecular formula is C18H43ClN2. The van der Waals surface area contributed by atoms with Crippen LogP contribution in [0.15, 0.2) is 0 Å². The van der Waals surface area contributed by atoms with Crippen LogP contribution >= 0.6 is 0 Å². The van der Waals surface area contributed by atoms with Gasteiger partial charge in [-0.05, 0) is 12.8 Å². The normalized spacial score (nSPS) is 10.9. The highest BCUT2D eigenvalue weighted by Crippen LogP contribution is 2.12. The van der Waals surface area contributed by atoms with Gasteiger partial charge < -0.3 is 23.0 Å². The van der Waals surface area contributed by atoms with E-state index in [2.05, 4.69) is 28.1 Å². The minimum atomic E-state index is 0. The second kappa shape index (κ2) is 18.3. The zero-order valence-electron chi connectivity index (χ0n) is 15.4. The lowest BCUT2D eigenvalue weighted by molar-refractivity contribution is -0.870. The van der Waals surface area contributed by atoms with Crippen molar-refractivity contribution in [2.24, 2.45) is 0 Å². The molecule has 3 N–H and O–H groups in total. The van der Waals surface area contributed by atoms with Gasteiger partial charge in [0, 0.05) is 0 Å². The summed E-state index contributed by atoms with van der Waals surface area (Å²) in [5.74, 6) is 0. The molecule has 0 aliphatic rings. The molecule has 0 aliphatic heterocycles. The third kappa shape index (κ3) is 25.5. The maximum absolute atomic E-state index is 2.29. The van der Waals surface area contributed by atoms with Crippen LogP contribution in [0.25, 0.3) is 0 Å². The Morgan fingerprint density at radius 2 is 0.810 bits per heavy atom. The molecule has 0 saturated heterocycles. The summed E-state index contributed by atoms with van der Waals surface area (Å²) in [6.07, 6.45) is 18.9. The predicted molar refractivity (Wildman–Crippen MR) is 93.6 cm³/mol. The molecule has 3 heteroatoms. The van der Waals surface area contributed by atoms with Crippen LogP contribution in [0.1, 0.15) is 90.4 Å². The molecule has 0 saturated carbocycles. The van der Waals surface area contributed by atoms with Crippen LogP contribution in [0.5, 0.6) is 0 Å². The van der Waals surface area contributed by atoms with E-state index in [0.29, 0.717) is 0 Å². The van der Waals surface area contributed by atoms with Gasteiger partial charge >= 0.3 is 0 Å². The van der Waals surface area contributed by atoms with Crippen molar-refractivity contribution in [3.63, 3.8) is 0 Å². The molecule has 0 fully saturated rings. The van der Waals surface area contributed by atoms with Crippen molar-refractivity contribution in [2.75, 3.05) is 27.7 Å². The molecule has 21 heavy (non-hydrogen) atoms. The SMILES string of the molecule is CCCCCCCCCCCCCCC[N+](C)(C)C.N.[Cl-]. The van der Waals surface area contributed by atoms with Gasteiger partial charge in [-0.2, -0.15) is 0 Å². The van der Waals surface area contributed by atoms with Gasteiger partial charge in [0.2, 0.25) is 0 Å². The molecule has 0 unspecified atom stereocenters. The molecule has 0 aliphatic carbocycles. The van der Waals surface area contributed by atoms with Crippen LogP contribution in [0, 0.1) is 0 Å². The van der Waals surface area contributed by atoms with E-state index in [9.17, 15) is 0 Å². The van der Waals surface area contributed by atoms with Crippen molar-refractivity contribution in [1.82, 2.24) is 6.15 Å². The fraction of sp³-hybridized carbons (Fsp3) is 1.00. The lowest BCUT2D eigenvalue weighted by Gasteiger charge is -2.23. The van der Waals surface area contributed by atoms with Gasteiger partial charge in [0.15, 0.2) is 0 Å². The van der Waals surface area contributed by atoms with Gasteiger partial charge in [-0.15, -0.1) is 0 Å². The number of nitrogens with zero attached hydrogens (tertiary/aromatic N) is 1. The number of hydrogen-bond donors (Lipinski definition) is 1. The molecule has 2 nitrogen and oxygen atoms in total. The van der Waals surface area contributed by atoms with Crippen LogP contribution < -0.4 is 18.6 Å². The molecule has 0 bridgehead atoms. The zero-order chi connectivity index (χ0) is 14.4. The van der Waals surface area contributed by atoms with Crippen LogP contribution in [-0.2, 0) is 0 Å². The summed E-state index contributed by atoms with van der Waals surface area (Å²) >= 11 is 0. The third-order valence-electron chi connectivity index (χ3n) is 3.93. The van der Waals surface area contributed by atoms with E-state index in [1.165, 1.54) is 90.0 Å². The Kier molecular flexibility index (Phi) is 22.7. The Balaban J connectivity index is -0.00000162. The monoisotopic (exact) mass is 322 g/mol. The van der Waals surface area contributed by atoms with Gasteiger partial charge in [-0.3, -0.25) is 0 Å². The summed E-state index contributed by atoms with van der Waals surface area (Å²) in [4.78, 5) is 0. The van der Waals surface area contributed by atoms with Crippen molar-refractivity contribution in [3.05, 3.63) is 0 Å². The summed E-state index contributed by atoms with van der Waals surface area (Å²) in [7, 11) is 6.88. The summed E-state index contributed by atoms with van der Waals surface area (Å²) in [6.45, 7) is 3.62. The topological polar surface area (TPSA) is 35.0 Å². The summed E-state index contributed by atoms with van der Waals surface area (Å²) in [5, 5.41) is 0. The Morgan fingerprint density at radius 3 is 1.10 bits per heavy atom. The molecule has 0 aromatic rings. The van der Waals surface area contributed by atoms with Gasteiger partial charge in [0.05, 0.1) is 27.7 Å². The average molecular weight is 323 g/mol. The molecule has 0 amide bonds. The number of quaternary nitrogens is 1. The van der Waals surface area contributed by atoms with Crippen LogP contribution in [0.2, 0.25) is 0 Å². The second-order valence-corrected chi connectivity index (χ2v) is 7.26. The minimum Gasteiger partial charge on any atom is -1.00 e. The van der Waals surface area contributed by atoms with Crippen LogP contribution in [-0.4, -0.2) is 32.2 Å². The fourth-order valence-electron chi connectivity index (χ4n) is 2.60. The van der Waals surface area contributed by atoms with E-state index in [1.807, 2.05) is 0 Å². The van der Waals surface area contributed by atoms with E-state index < -0.39 is 0 Å². The van der Waals surface area contributed by atoms with Crippen LogP contribution in [0.4, 0.5) is 0 Å². The minimum absolute atomic E-state index is 0. The van der Waals surface area contributed by atoms with Crippen molar-refractivity contribution in [3.8, 4) is 0 Å². The molecule has 0 atom stereocenters. The first kappa shape index (κ1) is 26.1. The first-order valence-electron chi connectivity index (χ1n) is 8.86. The van der Waals surface area contributed by atoms with Crippen molar-refractivity contribution < 1.29 is 16.9 Å². The lowest BCUT2D eigenvalue weighted by Crippen LogP contribution is -3.00. The Labute approximate surface area is 141 Å². The zero-order valence-corrected chi connectivity index (χ0v) is 16.2. The average Bonchev–Trinajstić information content (AvgIpc) is 2.34. The first-order valence-corrected chi connectivity index (χ1v) is 8.86. The molecular weight excluding hydrogens is 280 g/mol. The van der Waals surface area contributed by atoms with Crippen LogP contribution in [0.3, 0.4) is 0 Å². The third-order valence-corrected chi connectivity index (χ3v) is 3.93. The number of rotatable bonds is 14. The van der Waals surface area contributed by atoms with E-state index in [4.69, 9.17) is 0 Å². The van der Waals surface area contributed by atoms with Crippen molar-refractivity contribution >= 4 is 0 Å². The summed E-state index contributed by atoms with van der Waals surface area (Å²) in [5.41, 5.74) is 0. The lowest BCUT2D eigenvalue weighted by atomic mass is 10.0. The molecule has 132 valence electrons. The van der Waals surface area contributed by atoms with Gasteiger partial charge in [-0.1, -0.05) is 77.6 Å². The Bertz CT molecular complexity index is 179. The largest absolute Gasteiger partial charge is 1.00 e. The second-order valence-electron chi connectivity index (χ2n) is 7.26. The molecule has 0 heterocycles. The van der Waals surface area contributed by atoms with Crippen molar-refractivity contribution in [1.29, 1.82) is 0 Å². The Morgan fingerprint density at radius 1 is 0.524 bits per heavy atom. The highest BCUT2D eigenvalue weighted by Gasteiger charge is 2.04. The van der Waals surface area contributed by atoms with Gasteiger partial charge in [0.1, 0.15) is 0 Å². The molecule has 0 spiro atoms. The number of unbranched alkanes of at least 4 members (excludes halogenated alkanes) is 12. The van der Waals surface area contributed by atoms with Gasteiger partial charge in [-0.25, -0.2) is 0 Å². The predicted octanol–water partition coefficient (Wildman–Crippen LogP) is 2.95.